The maximum atomic E-state index is 10.6. The third-order valence-electron chi connectivity index (χ3n) is 9.75. The van der Waals surface area contributed by atoms with Crippen LogP contribution in [0.4, 0.5) is 0 Å². The van der Waals surface area contributed by atoms with Gasteiger partial charge in [0.05, 0.1) is 29.4 Å². The van der Waals surface area contributed by atoms with Crippen molar-refractivity contribution in [2.45, 2.75) is 13.3 Å². The van der Waals surface area contributed by atoms with E-state index in [4.69, 9.17) is 14.7 Å². The number of ether oxygens (including phenoxy) is 1. The fourth-order valence-electron chi connectivity index (χ4n) is 7.37. The van der Waals surface area contributed by atoms with E-state index in [0.717, 1.165) is 84.4 Å². The molecule has 0 atom stereocenters. The second-order valence-corrected chi connectivity index (χ2v) is 13.5. The van der Waals surface area contributed by atoms with E-state index < -0.39 is 0 Å². The van der Waals surface area contributed by atoms with Gasteiger partial charge in [0.2, 0.25) is 0 Å². The van der Waals surface area contributed by atoms with Crippen LogP contribution < -0.4 is 4.74 Å². The highest BCUT2D eigenvalue weighted by Crippen LogP contribution is 2.40. The molecule has 4 aromatic carbocycles. The Kier molecular flexibility index (Phi) is 8.48. The summed E-state index contributed by atoms with van der Waals surface area (Å²) in [7, 11) is 0. The van der Waals surface area contributed by atoms with Gasteiger partial charge in [-0.1, -0.05) is 55.5 Å². The van der Waals surface area contributed by atoms with Crippen molar-refractivity contribution in [3.8, 4) is 67.5 Å². The van der Waals surface area contributed by atoms with Crippen molar-refractivity contribution in [3.05, 3.63) is 144 Å². The summed E-state index contributed by atoms with van der Waals surface area (Å²) in [4.78, 5) is 17.9. The molecule has 8 bridgehead atoms. The largest absolute Gasteiger partial charge is 0.508 e. The van der Waals surface area contributed by atoms with E-state index in [0.29, 0.717) is 23.7 Å². The summed E-state index contributed by atoms with van der Waals surface area (Å²) < 4.78 is 6.08. The average Bonchev–Trinajstić information content (AvgIpc) is 4.02. The minimum atomic E-state index is 0.136. The van der Waals surface area contributed by atoms with Crippen molar-refractivity contribution in [2.24, 2.45) is 0 Å². The monoisotopic (exact) mass is 720 g/mol. The fraction of sp³-hybridized carbons (Fsp3) is 0.0638. The molecule has 55 heavy (non-hydrogen) atoms. The van der Waals surface area contributed by atoms with Gasteiger partial charge in [0.15, 0.2) is 0 Å². The lowest BCUT2D eigenvalue weighted by Crippen LogP contribution is -1.95. The van der Waals surface area contributed by atoms with Gasteiger partial charge in [-0.05, 0) is 126 Å². The highest BCUT2D eigenvalue weighted by atomic mass is 16.5. The zero-order chi connectivity index (χ0) is 37.5. The van der Waals surface area contributed by atoms with Gasteiger partial charge in [-0.3, -0.25) is 0 Å². The molecule has 8 nitrogen and oxygen atoms in total. The van der Waals surface area contributed by atoms with Gasteiger partial charge in [0.25, 0.3) is 0 Å². The van der Waals surface area contributed by atoms with Crippen molar-refractivity contribution in [1.82, 2.24) is 19.9 Å². The number of fused-ring (bicyclic) bond motifs is 8. The predicted octanol–water partition coefficient (Wildman–Crippen LogP) is 11.2. The molecule has 7 aromatic rings. The van der Waals surface area contributed by atoms with Crippen LogP contribution in [0.15, 0.2) is 121 Å². The molecule has 0 fully saturated rings. The zero-order valence-corrected chi connectivity index (χ0v) is 29.9. The quantitative estimate of drug-likeness (QED) is 0.112. The number of aromatic hydroxyl groups is 3. The third-order valence-corrected chi connectivity index (χ3v) is 9.75. The second-order valence-electron chi connectivity index (χ2n) is 13.5. The maximum absolute atomic E-state index is 10.6. The molecule has 2 aliphatic rings. The van der Waals surface area contributed by atoms with Crippen LogP contribution in [0.3, 0.4) is 0 Å². The number of benzene rings is 4. The summed E-state index contributed by atoms with van der Waals surface area (Å²) in [5.74, 6) is 1.19. The number of phenols is 3. The number of nitrogens with zero attached hydrogens (tertiary/aromatic N) is 2. The molecule has 0 radical (unpaired) electrons. The van der Waals surface area contributed by atoms with Crippen LogP contribution in [0.2, 0.25) is 0 Å². The maximum Gasteiger partial charge on any atom is 0.119 e. The van der Waals surface area contributed by atoms with Crippen molar-refractivity contribution >= 4 is 46.4 Å². The van der Waals surface area contributed by atoms with E-state index in [9.17, 15) is 15.3 Å². The Morgan fingerprint density at radius 1 is 0.455 bits per heavy atom. The standard InChI is InChI=1S/C47H36N4O4/c1-2-23-55-35-14-6-10-31(27-35)47-42-21-19-40(50-42)45(29-8-4-12-33(53)25-29)38-17-15-36(48-38)44(28-7-3-11-32(52)24-28)37-16-18-39(49-37)46(41-20-22-43(47)51-41)30-9-5-13-34(54)26-30/h3-22,24-27,48,51-54H,2,23H2,1H3. The highest BCUT2D eigenvalue weighted by Gasteiger charge is 2.19. The van der Waals surface area contributed by atoms with Crippen molar-refractivity contribution in [3.63, 3.8) is 0 Å². The first kappa shape index (κ1) is 33.5. The van der Waals surface area contributed by atoms with Crippen molar-refractivity contribution in [2.75, 3.05) is 6.61 Å². The average molecular weight is 721 g/mol. The van der Waals surface area contributed by atoms with Crippen LogP contribution in [0.1, 0.15) is 36.1 Å². The Morgan fingerprint density at radius 2 is 0.800 bits per heavy atom. The molecule has 0 spiro atoms. The molecule has 0 saturated heterocycles. The van der Waals surface area contributed by atoms with E-state index in [1.54, 1.807) is 36.4 Å². The van der Waals surface area contributed by atoms with E-state index in [1.165, 1.54) is 0 Å². The molecule has 268 valence electrons. The minimum absolute atomic E-state index is 0.136. The van der Waals surface area contributed by atoms with Gasteiger partial charge in [-0.15, -0.1) is 0 Å². The van der Waals surface area contributed by atoms with Gasteiger partial charge in [0.1, 0.15) is 23.0 Å². The van der Waals surface area contributed by atoms with Crippen LogP contribution in [0.25, 0.3) is 90.9 Å². The molecule has 3 aromatic heterocycles. The normalized spacial score (nSPS) is 11.9. The lowest BCUT2D eigenvalue weighted by Gasteiger charge is -2.09. The van der Waals surface area contributed by atoms with Crippen LogP contribution >= 0.6 is 0 Å². The summed E-state index contributed by atoms with van der Waals surface area (Å²) in [5, 5.41) is 31.9. The summed E-state index contributed by atoms with van der Waals surface area (Å²) in [6.45, 7) is 2.69. The summed E-state index contributed by atoms with van der Waals surface area (Å²) in [6, 6.07) is 37.6. The van der Waals surface area contributed by atoms with Gasteiger partial charge < -0.3 is 30.0 Å². The Balaban J connectivity index is 1.46. The van der Waals surface area contributed by atoms with Crippen LogP contribution in [-0.4, -0.2) is 41.9 Å². The van der Waals surface area contributed by atoms with Gasteiger partial charge >= 0.3 is 0 Å². The first-order valence-electron chi connectivity index (χ1n) is 18.2. The van der Waals surface area contributed by atoms with Crippen LogP contribution in [0.5, 0.6) is 23.0 Å². The predicted molar refractivity (Wildman–Crippen MR) is 221 cm³/mol. The molecule has 0 aliphatic carbocycles. The summed E-state index contributed by atoms with van der Waals surface area (Å²) in [6.07, 6.45) is 8.87. The molecular formula is C47H36N4O4. The van der Waals surface area contributed by atoms with E-state index in [-0.39, 0.29) is 17.2 Å². The number of rotatable bonds is 7. The van der Waals surface area contributed by atoms with Crippen LogP contribution in [0, 0.1) is 0 Å². The lowest BCUT2D eigenvalue weighted by molar-refractivity contribution is 0.317. The molecule has 2 aliphatic heterocycles. The number of hydrogen-bond donors (Lipinski definition) is 5. The number of H-pyrrole nitrogens is 2. The molecule has 0 amide bonds. The Bertz CT molecular complexity index is 2820. The summed E-state index contributed by atoms with van der Waals surface area (Å²) in [5.41, 5.74) is 12.6. The molecule has 0 unspecified atom stereocenters. The number of aromatic nitrogens is 4. The third kappa shape index (κ3) is 6.40. The van der Waals surface area contributed by atoms with Gasteiger partial charge in [0, 0.05) is 44.3 Å². The molecule has 9 rings (SSSR count). The van der Waals surface area contributed by atoms with E-state index in [1.807, 2.05) is 103 Å². The topological polar surface area (TPSA) is 127 Å². The number of aromatic amines is 2. The SMILES string of the molecule is CCCOc1cccc(-c2c3nc(c(-c4cccc(O)c4)c4ccc([nH]4)c(-c4cccc(O)c4)c4nc(c(-c5cccc(O)c5)c5ccc2[nH]5)C=C4)C=C3)c1. The fourth-order valence-corrected chi connectivity index (χ4v) is 7.37. The molecule has 5 N–H and O–H groups in total. The molecule has 0 saturated carbocycles. The molecule has 8 heteroatoms. The minimum Gasteiger partial charge on any atom is -0.508 e. The first-order valence-corrected chi connectivity index (χ1v) is 18.2. The van der Waals surface area contributed by atoms with Gasteiger partial charge in [-0.2, -0.15) is 0 Å². The molecule has 5 heterocycles. The van der Waals surface area contributed by atoms with Crippen molar-refractivity contribution < 1.29 is 20.1 Å². The van der Waals surface area contributed by atoms with E-state index >= 15 is 0 Å². The van der Waals surface area contributed by atoms with E-state index in [2.05, 4.69) is 23.0 Å². The number of hydrogen-bond acceptors (Lipinski definition) is 6. The summed E-state index contributed by atoms with van der Waals surface area (Å²) >= 11 is 0. The number of nitrogens with one attached hydrogen (secondary N) is 2. The van der Waals surface area contributed by atoms with Crippen LogP contribution in [-0.2, 0) is 0 Å². The Hall–Kier alpha value is -7.32. The highest BCUT2D eigenvalue weighted by molar-refractivity contribution is 6.00. The molecular weight excluding hydrogens is 685 g/mol. The number of phenolic OH excluding ortho intramolecular Hbond substituents is 3. The van der Waals surface area contributed by atoms with Crippen molar-refractivity contribution in [1.29, 1.82) is 0 Å². The van der Waals surface area contributed by atoms with Gasteiger partial charge in [-0.25, -0.2) is 9.97 Å². The lowest BCUT2D eigenvalue weighted by atomic mass is 10.0. The second kappa shape index (κ2) is 13.9. The first-order chi connectivity index (χ1) is 26.9. The smallest absolute Gasteiger partial charge is 0.119 e. The Morgan fingerprint density at radius 3 is 1.15 bits per heavy atom. The Labute approximate surface area is 317 Å². The zero-order valence-electron chi connectivity index (χ0n) is 29.9.